The smallest absolute Gasteiger partial charge is 0.342 e. The van der Waals surface area contributed by atoms with Crippen molar-refractivity contribution in [2.45, 2.75) is 0 Å². The van der Waals surface area contributed by atoms with Gasteiger partial charge in [-0.15, -0.1) is 0 Å². The number of rotatable bonds is 4. The fraction of sp³-hybridized carbons (Fsp3) is 0.0500. The minimum Gasteiger partial charge on any atom is -0.507 e. The number of phenolic OH excluding ortho intramolecular Hbond substituents is 2. The number of nitrogens with one attached hydrogen (secondary N) is 1. The topological polar surface area (TPSA) is 120 Å². The molecular formula is C20H14N2O5. The number of aromatic hydroxyl groups is 2. The van der Waals surface area contributed by atoms with Crippen LogP contribution in [0.2, 0.25) is 0 Å². The quantitative estimate of drug-likeness (QED) is 0.485. The number of carbonyl (C=O) groups is 2. The van der Waals surface area contributed by atoms with Crippen molar-refractivity contribution in [2.24, 2.45) is 0 Å². The zero-order chi connectivity index (χ0) is 19.4. The molecule has 3 aromatic carbocycles. The molecule has 0 heterocycles. The molecule has 0 radical (unpaired) electrons. The molecule has 0 atom stereocenters. The molecule has 7 nitrogen and oxygen atoms in total. The van der Waals surface area contributed by atoms with Crippen LogP contribution < -0.4 is 5.32 Å². The van der Waals surface area contributed by atoms with Crippen LogP contribution in [-0.4, -0.2) is 28.7 Å². The van der Waals surface area contributed by atoms with E-state index in [1.54, 1.807) is 42.5 Å². The third-order valence-corrected chi connectivity index (χ3v) is 3.87. The SMILES string of the molecule is N#Cc1ccccc1NC(=O)COC(=O)c1cc(O)c2ccccc2c1O. The van der Waals surface area contributed by atoms with Gasteiger partial charge in [0.2, 0.25) is 0 Å². The molecule has 1 amide bonds. The molecule has 0 saturated heterocycles. The molecule has 0 fully saturated rings. The summed E-state index contributed by atoms with van der Waals surface area (Å²) in [6.45, 7) is -0.619. The van der Waals surface area contributed by atoms with Gasteiger partial charge < -0.3 is 20.3 Å². The second-order valence-electron chi connectivity index (χ2n) is 5.62. The second-order valence-corrected chi connectivity index (χ2v) is 5.62. The Morgan fingerprint density at radius 2 is 1.70 bits per heavy atom. The van der Waals surface area contributed by atoms with Crippen LogP contribution in [0.4, 0.5) is 5.69 Å². The monoisotopic (exact) mass is 362 g/mol. The number of phenols is 2. The van der Waals surface area contributed by atoms with Crippen molar-refractivity contribution in [3.8, 4) is 17.6 Å². The Morgan fingerprint density at radius 1 is 1.04 bits per heavy atom. The molecule has 0 aliphatic heterocycles. The van der Waals surface area contributed by atoms with Gasteiger partial charge in [0.05, 0.1) is 11.3 Å². The third kappa shape index (κ3) is 3.65. The summed E-state index contributed by atoms with van der Waals surface area (Å²) >= 11 is 0. The van der Waals surface area contributed by atoms with Crippen LogP contribution in [0.3, 0.4) is 0 Å². The lowest BCUT2D eigenvalue weighted by Crippen LogP contribution is -2.21. The minimum atomic E-state index is -0.961. The zero-order valence-electron chi connectivity index (χ0n) is 14.0. The molecule has 0 aliphatic rings. The largest absolute Gasteiger partial charge is 0.507 e. The molecule has 7 heteroatoms. The predicted octanol–water partition coefficient (Wildman–Crippen LogP) is 2.92. The van der Waals surface area contributed by atoms with E-state index in [0.29, 0.717) is 11.1 Å². The average molecular weight is 362 g/mol. The Kier molecular flexibility index (Phi) is 4.90. The Hall–Kier alpha value is -4.05. The fourth-order valence-electron chi connectivity index (χ4n) is 2.58. The lowest BCUT2D eigenvalue weighted by atomic mass is 10.0. The van der Waals surface area contributed by atoms with E-state index < -0.39 is 18.5 Å². The normalized spacial score (nSPS) is 10.2. The van der Waals surface area contributed by atoms with Crippen LogP contribution in [0.15, 0.2) is 54.6 Å². The summed E-state index contributed by atoms with van der Waals surface area (Å²) < 4.78 is 4.92. The van der Waals surface area contributed by atoms with E-state index in [9.17, 15) is 19.8 Å². The van der Waals surface area contributed by atoms with Crippen molar-refractivity contribution in [3.63, 3.8) is 0 Å². The molecule has 27 heavy (non-hydrogen) atoms. The number of carbonyl (C=O) groups excluding carboxylic acids is 2. The lowest BCUT2D eigenvalue weighted by Gasteiger charge is -2.10. The van der Waals surface area contributed by atoms with Gasteiger partial charge in [0, 0.05) is 10.8 Å². The van der Waals surface area contributed by atoms with Gasteiger partial charge in [-0.3, -0.25) is 4.79 Å². The summed E-state index contributed by atoms with van der Waals surface area (Å²) in [5.74, 6) is -2.14. The van der Waals surface area contributed by atoms with Crippen LogP contribution in [0.25, 0.3) is 10.8 Å². The van der Waals surface area contributed by atoms with Crippen LogP contribution >= 0.6 is 0 Å². The first-order chi connectivity index (χ1) is 13.0. The van der Waals surface area contributed by atoms with E-state index in [1.807, 2.05) is 6.07 Å². The first kappa shape index (κ1) is 17.8. The van der Waals surface area contributed by atoms with Crippen molar-refractivity contribution < 1.29 is 24.5 Å². The maximum Gasteiger partial charge on any atom is 0.342 e. The highest BCUT2D eigenvalue weighted by molar-refractivity contribution is 6.04. The number of para-hydroxylation sites is 1. The molecule has 0 bridgehead atoms. The van der Waals surface area contributed by atoms with Gasteiger partial charge >= 0.3 is 5.97 Å². The molecule has 0 aromatic heterocycles. The first-order valence-electron chi connectivity index (χ1n) is 7.91. The molecule has 134 valence electrons. The first-order valence-corrected chi connectivity index (χ1v) is 7.91. The van der Waals surface area contributed by atoms with Gasteiger partial charge in [-0.25, -0.2) is 4.79 Å². The summed E-state index contributed by atoms with van der Waals surface area (Å²) in [7, 11) is 0. The molecule has 3 aromatic rings. The van der Waals surface area contributed by atoms with Crippen molar-refractivity contribution >= 4 is 28.3 Å². The maximum atomic E-state index is 12.2. The number of esters is 1. The second kappa shape index (κ2) is 7.45. The van der Waals surface area contributed by atoms with Gasteiger partial charge in [-0.1, -0.05) is 36.4 Å². The Morgan fingerprint density at radius 3 is 2.44 bits per heavy atom. The highest BCUT2D eigenvalue weighted by atomic mass is 16.5. The molecule has 0 spiro atoms. The number of hydrogen-bond donors (Lipinski definition) is 3. The predicted molar refractivity (Wildman–Crippen MR) is 97.3 cm³/mol. The van der Waals surface area contributed by atoms with Gasteiger partial charge in [0.15, 0.2) is 6.61 Å². The number of fused-ring (bicyclic) bond motifs is 1. The van der Waals surface area contributed by atoms with Gasteiger partial charge in [0.25, 0.3) is 5.91 Å². The molecular weight excluding hydrogens is 348 g/mol. The minimum absolute atomic E-state index is 0.192. The molecule has 3 rings (SSSR count). The third-order valence-electron chi connectivity index (χ3n) is 3.87. The van der Waals surface area contributed by atoms with E-state index in [-0.39, 0.29) is 28.0 Å². The number of ether oxygens (including phenoxy) is 1. The summed E-state index contributed by atoms with van der Waals surface area (Å²) in [5.41, 5.74) is 0.318. The Labute approximate surface area is 154 Å². The van der Waals surface area contributed by atoms with Crippen molar-refractivity contribution in [2.75, 3.05) is 11.9 Å². The number of nitrogens with zero attached hydrogens (tertiary/aromatic N) is 1. The van der Waals surface area contributed by atoms with E-state index in [2.05, 4.69) is 5.32 Å². The summed E-state index contributed by atoms with van der Waals surface area (Å²) in [5, 5.41) is 32.4. The van der Waals surface area contributed by atoms with E-state index >= 15 is 0 Å². The highest BCUT2D eigenvalue weighted by Gasteiger charge is 2.19. The number of hydrogen-bond acceptors (Lipinski definition) is 6. The molecule has 0 aliphatic carbocycles. The molecule has 0 saturated carbocycles. The number of benzene rings is 3. The zero-order valence-corrected chi connectivity index (χ0v) is 14.0. The summed E-state index contributed by atoms with van der Waals surface area (Å²) in [6, 6.07) is 15.9. The standard InChI is InChI=1S/C20H14N2O5/c21-10-12-5-1-4-8-16(12)22-18(24)11-27-20(26)15-9-17(23)13-6-2-3-7-14(13)19(15)25/h1-9,23,25H,11H2,(H,22,24). The van der Waals surface area contributed by atoms with Crippen molar-refractivity contribution in [1.82, 2.24) is 0 Å². The molecule has 0 unspecified atom stereocenters. The van der Waals surface area contributed by atoms with E-state index in [0.717, 1.165) is 6.07 Å². The summed E-state index contributed by atoms with van der Waals surface area (Å²) in [4.78, 5) is 24.2. The fourth-order valence-corrected chi connectivity index (χ4v) is 2.58. The van der Waals surface area contributed by atoms with Crippen LogP contribution in [0.5, 0.6) is 11.5 Å². The number of nitriles is 1. The van der Waals surface area contributed by atoms with Gasteiger partial charge in [-0.05, 0) is 18.2 Å². The average Bonchev–Trinajstić information content (AvgIpc) is 2.69. The van der Waals surface area contributed by atoms with Crippen LogP contribution in [0.1, 0.15) is 15.9 Å². The highest BCUT2D eigenvalue weighted by Crippen LogP contribution is 2.35. The lowest BCUT2D eigenvalue weighted by molar-refractivity contribution is -0.119. The Bertz CT molecular complexity index is 1090. The van der Waals surface area contributed by atoms with Crippen LogP contribution in [0, 0.1) is 11.3 Å². The van der Waals surface area contributed by atoms with Gasteiger partial charge in [0.1, 0.15) is 23.1 Å². The maximum absolute atomic E-state index is 12.2. The van der Waals surface area contributed by atoms with Crippen LogP contribution in [-0.2, 0) is 9.53 Å². The summed E-state index contributed by atoms with van der Waals surface area (Å²) in [6.07, 6.45) is 0. The van der Waals surface area contributed by atoms with Crippen molar-refractivity contribution in [3.05, 3.63) is 65.7 Å². The molecule has 3 N–H and O–H groups in total. The van der Waals surface area contributed by atoms with Crippen molar-refractivity contribution in [1.29, 1.82) is 5.26 Å². The number of amides is 1. The van der Waals surface area contributed by atoms with E-state index in [1.165, 1.54) is 6.07 Å². The van der Waals surface area contributed by atoms with E-state index in [4.69, 9.17) is 10.00 Å². The number of anilines is 1. The Balaban J connectivity index is 1.73. The van der Waals surface area contributed by atoms with Gasteiger partial charge in [-0.2, -0.15) is 5.26 Å².